The summed E-state index contributed by atoms with van der Waals surface area (Å²) in [6.45, 7) is 23.5. The van der Waals surface area contributed by atoms with Crippen LogP contribution in [0.15, 0.2) is 35.2 Å². The molecule has 0 bridgehead atoms. The number of esters is 1. The molecule has 0 aliphatic carbocycles. The quantitative estimate of drug-likeness (QED) is 0.0982. The zero-order valence-corrected chi connectivity index (χ0v) is 30.4. The molecule has 0 aromatic heterocycles. The fourth-order valence-electron chi connectivity index (χ4n) is 4.15. The number of hydrogen-bond donors (Lipinski definition) is 0. The van der Waals surface area contributed by atoms with Crippen molar-refractivity contribution < 1.29 is 31.8 Å². The van der Waals surface area contributed by atoms with Gasteiger partial charge in [0.1, 0.15) is 8.07 Å². The van der Waals surface area contributed by atoms with Crippen LogP contribution in [0.4, 0.5) is 0 Å². The van der Waals surface area contributed by atoms with E-state index >= 15 is 0 Å². The highest BCUT2D eigenvalue weighted by atomic mass is 32.2. The number of carbonyl (C=O) groups is 1. The topological polar surface area (TPSA) is 88.1 Å². The summed E-state index contributed by atoms with van der Waals surface area (Å²) in [7, 11) is -4.74. The summed E-state index contributed by atoms with van der Waals surface area (Å²) in [5.41, 5.74) is 3.44. The summed E-state index contributed by atoms with van der Waals surface area (Å²) in [5, 5.41) is -0.957. The number of rotatable bonds is 14. The van der Waals surface area contributed by atoms with Crippen LogP contribution in [0.5, 0.6) is 0 Å². The summed E-state index contributed by atoms with van der Waals surface area (Å²) in [6.07, 6.45) is 0.282. The fraction of sp³-hybridized carbons (Fsp3) is 0.710. The van der Waals surface area contributed by atoms with E-state index in [1.807, 2.05) is 6.92 Å². The van der Waals surface area contributed by atoms with E-state index in [1.54, 1.807) is 18.2 Å². The molecule has 0 saturated carbocycles. The Balaban J connectivity index is 3.16. The standard InChI is InChI=1S/C31H54O7SSi2/c1-24(18-17-21-40(9,10)11)28(38-41(12,13)30(4,5)6)25(2)23-37-29(32)31(35-7,36-8)22-26(3)39(33,34)27-19-15-14-16-20-27/h14-16,19-20,24-26,28H,18,22-23H2,1-13H3/t24-,25+,26?,28-/m0/s1. The van der Waals surface area contributed by atoms with Crippen molar-refractivity contribution >= 4 is 32.2 Å². The largest absolute Gasteiger partial charge is 0.461 e. The Morgan fingerprint density at radius 1 is 0.927 bits per heavy atom. The van der Waals surface area contributed by atoms with Crippen molar-refractivity contribution in [2.75, 3.05) is 20.8 Å². The molecule has 4 atom stereocenters. The van der Waals surface area contributed by atoms with Crippen molar-refractivity contribution in [2.45, 2.75) is 114 Å². The van der Waals surface area contributed by atoms with Crippen LogP contribution in [0.3, 0.4) is 0 Å². The number of methoxy groups -OCH3 is 2. The Hall–Kier alpha value is -1.49. The first kappa shape index (κ1) is 37.5. The van der Waals surface area contributed by atoms with Crippen LogP contribution < -0.4 is 0 Å². The zero-order chi connectivity index (χ0) is 31.9. The van der Waals surface area contributed by atoms with Gasteiger partial charge in [0.25, 0.3) is 5.79 Å². The number of hydrogen-bond acceptors (Lipinski definition) is 7. The average molecular weight is 627 g/mol. The Morgan fingerprint density at radius 2 is 1.46 bits per heavy atom. The third kappa shape index (κ3) is 10.6. The maximum absolute atomic E-state index is 13.4. The van der Waals surface area contributed by atoms with Gasteiger partial charge in [0.2, 0.25) is 0 Å². The second kappa shape index (κ2) is 14.8. The molecule has 0 aliphatic rings. The lowest BCUT2D eigenvalue weighted by Gasteiger charge is -2.42. The molecular formula is C31H54O7SSi2. The van der Waals surface area contributed by atoms with Crippen LogP contribution >= 0.6 is 0 Å². The summed E-state index contributed by atoms with van der Waals surface area (Å²) in [5.74, 6) is 0.725. The minimum absolute atomic E-state index is 0.00695. The molecule has 234 valence electrons. The first-order chi connectivity index (χ1) is 18.6. The molecule has 1 aromatic rings. The Morgan fingerprint density at radius 3 is 1.93 bits per heavy atom. The van der Waals surface area contributed by atoms with Gasteiger partial charge in [-0.2, -0.15) is 0 Å². The molecule has 10 heteroatoms. The van der Waals surface area contributed by atoms with Gasteiger partial charge in [0.05, 0.1) is 22.9 Å². The van der Waals surface area contributed by atoms with Crippen molar-refractivity contribution in [3.05, 3.63) is 30.3 Å². The Bertz CT molecular complexity index is 1140. The molecule has 0 saturated heterocycles. The van der Waals surface area contributed by atoms with Crippen molar-refractivity contribution in [1.29, 1.82) is 0 Å². The smallest absolute Gasteiger partial charge is 0.366 e. The third-order valence-corrected chi connectivity index (χ3v) is 15.4. The van der Waals surface area contributed by atoms with E-state index < -0.39 is 43.2 Å². The van der Waals surface area contributed by atoms with Crippen LogP contribution in [-0.4, -0.2) is 68.7 Å². The maximum atomic E-state index is 13.4. The lowest BCUT2D eigenvalue weighted by molar-refractivity contribution is -0.233. The molecule has 0 heterocycles. The van der Waals surface area contributed by atoms with E-state index in [2.05, 4.69) is 71.9 Å². The lowest BCUT2D eigenvalue weighted by atomic mass is 9.92. The van der Waals surface area contributed by atoms with Crippen molar-refractivity contribution in [2.24, 2.45) is 11.8 Å². The summed E-state index contributed by atoms with van der Waals surface area (Å²) in [6, 6.07) is 8.14. The van der Waals surface area contributed by atoms with Crippen LogP contribution in [0, 0.1) is 23.3 Å². The Labute approximate surface area is 252 Å². The van der Waals surface area contributed by atoms with Gasteiger partial charge in [-0.25, -0.2) is 13.2 Å². The summed E-state index contributed by atoms with van der Waals surface area (Å²) in [4.78, 5) is 13.6. The molecule has 1 rings (SSSR count). The van der Waals surface area contributed by atoms with Crippen LogP contribution in [0.2, 0.25) is 37.8 Å². The van der Waals surface area contributed by atoms with E-state index in [0.717, 1.165) is 0 Å². The molecule has 0 radical (unpaired) electrons. The van der Waals surface area contributed by atoms with E-state index in [1.165, 1.54) is 33.3 Å². The van der Waals surface area contributed by atoms with Gasteiger partial charge in [-0.3, -0.25) is 0 Å². The average Bonchev–Trinajstić information content (AvgIpc) is 2.87. The van der Waals surface area contributed by atoms with Gasteiger partial charge in [-0.05, 0) is 43.1 Å². The SMILES string of the molecule is COC(CC(C)S(=O)(=O)c1ccccc1)(OC)C(=O)OC[C@@H](C)[C@@H](O[Si](C)(C)C(C)(C)C)[C@@H](C)CC#C[Si](C)(C)C. The number of ether oxygens (including phenoxy) is 3. The fourth-order valence-corrected chi connectivity index (χ4v) is 7.72. The van der Waals surface area contributed by atoms with Gasteiger partial charge in [0, 0.05) is 33.0 Å². The molecule has 0 spiro atoms. The third-order valence-electron chi connectivity index (χ3n) is 7.85. The summed E-state index contributed by atoms with van der Waals surface area (Å²) >= 11 is 0. The molecule has 0 N–H and O–H groups in total. The highest BCUT2D eigenvalue weighted by molar-refractivity contribution is 7.92. The monoisotopic (exact) mass is 626 g/mol. The minimum atomic E-state index is -3.73. The highest BCUT2D eigenvalue weighted by Gasteiger charge is 2.46. The maximum Gasteiger partial charge on any atom is 0.366 e. The van der Waals surface area contributed by atoms with Gasteiger partial charge < -0.3 is 18.6 Å². The van der Waals surface area contributed by atoms with Gasteiger partial charge in [0.15, 0.2) is 18.2 Å². The van der Waals surface area contributed by atoms with Crippen LogP contribution in [0.25, 0.3) is 0 Å². The Kier molecular flexibility index (Phi) is 13.6. The molecule has 0 aliphatic heterocycles. The van der Waals surface area contributed by atoms with Crippen LogP contribution in [-0.2, 0) is 33.3 Å². The van der Waals surface area contributed by atoms with Crippen molar-refractivity contribution in [3.8, 4) is 11.5 Å². The molecular weight excluding hydrogens is 573 g/mol. The zero-order valence-electron chi connectivity index (χ0n) is 27.6. The number of carbonyl (C=O) groups excluding carboxylic acids is 1. The molecule has 0 amide bonds. The summed E-state index contributed by atoms with van der Waals surface area (Å²) < 4.78 is 50.0. The minimum Gasteiger partial charge on any atom is -0.461 e. The van der Waals surface area contributed by atoms with Gasteiger partial charge in [-0.1, -0.05) is 72.5 Å². The van der Waals surface area contributed by atoms with E-state index in [-0.39, 0.29) is 40.9 Å². The van der Waals surface area contributed by atoms with E-state index in [4.69, 9.17) is 18.6 Å². The predicted octanol–water partition coefficient (Wildman–Crippen LogP) is 6.70. The van der Waals surface area contributed by atoms with E-state index in [0.29, 0.717) is 6.42 Å². The van der Waals surface area contributed by atoms with E-state index in [9.17, 15) is 13.2 Å². The van der Waals surface area contributed by atoms with Crippen molar-refractivity contribution in [1.82, 2.24) is 0 Å². The normalized spacial score (nSPS) is 16.2. The predicted molar refractivity (Wildman–Crippen MR) is 172 cm³/mol. The first-order valence-electron chi connectivity index (χ1n) is 14.4. The lowest BCUT2D eigenvalue weighted by Crippen LogP contribution is -2.50. The van der Waals surface area contributed by atoms with Gasteiger partial charge in [-0.15, -0.1) is 11.5 Å². The number of benzene rings is 1. The second-order valence-corrected chi connectivity index (χ2v) is 25.6. The number of sulfone groups is 1. The second-order valence-electron chi connectivity index (χ2n) is 13.7. The highest BCUT2D eigenvalue weighted by Crippen LogP contribution is 2.39. The molecule has 0 fully saturated rings. The molecule has 1 aromatic carbocycles. The first-order valence-corrected chi connectivity index (χ1v) is 22.3. The molecule has 41 heavy (non-hydrogen) atoms. The van der Waals surface area contributed by atoms with Gasteiger partial charge >= 0.3 is 5.97 Å². The molecule has 7 nitrogen and oxygen atoms in total. The van der Waals surface area contributed by atoms with Crippen molar-refractivity contribution in [3.63, 3.8) is 0 Å². The molecule has 1 unspecified atom stereocenters. The van der Waals surface area contributed by atoms with Crippen LogP contribution in [0.1, 0.15) is 54.4 Å².